The number of hydrogen-bond acceptors (Lipinski definition) is 5. The number of phenols is 1. The highest BCUT2D eigenvalue weighted by Crippen LogP contribution is 2.32. The molecular formula is C21H21N5O2. The van der Waals surface area contributed by atoms with Crippen LogP contribution < -0.4 is 5.56 Å². The average molecular weight is 375 g/mol. The lowest BCUT2D eigenvalue weighted by molar-refractivity contribution is 0.336. The first-order chi connectivity index (χ1) is 13.6. The molecule has 0 spiro atoms. The molecule has 28 heavy (non-hydrogen) atoms. The molecule has 1 aliphatic rings. The van der Waals surface area contributed by atoms with Gasteiger partial charge in [-0.15, -0.1) is 0 Å². The van der Waals surface area contributed by atoms with Gasteiger partial charge in [-0.05, 0) is 43.5 Å². The highest BCUT2D eigenvalue weighted by molar-refractivity contribution is 5.80. The van der Waals surface area contributed by atoms with Crippen LogP contribution in [-0.4, -0.2) is 24.9 Å². The molecule has 1 saturated carbocycles. The fourth-order valence-corrected chi connectivity index (χ4v) is 3.89. The smallest absolute Gasteiger partial charge is 0.277 e. The molecule has 7 nitrogen and oxygen atoms in total. The van der Waals surface area contributed by atoms with Crippen LogP contribution in [0.1, 0.15) is 49.4 Å². The van der Waals surface area contributed by atoms with Crippen molar-refractivity contribution in [3.05, 3.63) is 45.9 Å². The predicted octanol–water partition coefficient (Wildman–Crippen LogP) is 3.84. The molecule has 7 heteroatoms. The average Bonchev–Trinajstić information content (AvgIpc) is 3.04. The minimum Gasteiger partial charge on any atom is -0.507 e. The van der Waals surface area contributed by atoms with E-state index in [0.717, 1.165) is 25.7 Å². The van der Waals surface area contributed by atoms with Gasteiger partial charge in [0, 0.05) is 6.08 Å². The van der Waals surface area contributed by atoms with Crippen LogP contribution in [0.3, 0.4) is 0 Å². The summed E-state index contributed by atoms with van der Waals surface area (Å²) in [5, 5.41) is 23.6. The van der Waals surface area contributed by atoms with Crippen molar-refractivity contribution in [3.63, 3.8) is 0 Å². The van der Waals surface area contributed by atoms with Crippen molar-refractivity contribution in [1.29, 1.82) is 5.26 Å². The summed E-state index contributed by atoms with van der Waals surface area (Å²) in [6.45, 7) is 1.85. The zero-order valence-corrected chi connectivity index (χ0v) is 15.6. The van der Waals surface area contributed by atoms with E-state index in [1.165, 1.54) is 18.6 Å². The number of nitriles is 1. The summed E-state index contributed by atoms with van der Waals surface area (Å²) in [6.07, 6.45) is 8.51. The first-order valence-electron chi connectivity index (χ1n) is 9.47. The molecule has 2 aromatic heterocycles. The van der Waals surface area contributed by atoms with Gasteiger partial charge < -0.3 is 10.1 Å². The third kappa shape index (κ3) is 3.18. The Morgan fingerprint density at radius 1 is 1.32 bits per heavy atom. The van der Waals surface area contributed by atoms with Crippen LogP contribution in [0.25, 0.3) is 28.5 Å². The van der Waals surface area contributed by atoms with Crippen molar-refractivity contribution < 1.29 is 5.11 Å². The number of H-pyrrole nitrogens is 1. The molecule has 0 bridgehead atoms. The first kappa shape index (κ1) is 18.0. The van der Waals surface area contributed by atoms with E-state index in [-0.39, 0.29) is 17.4 Å². The fourth-order valence-electron chi connectivity index (χ4n) is 3.89. The van der Waals surface area contributed by atoms with Crippen LogP contribution in [0.2, 0.25) is 0 Å². The van der Waals surface area contributed by atoms with Crippen LogP contribution in [0.4, 0.5) is 0 Å². The highest BCUT2D eigenvalue weighted by atomic mass is 16.3. The van der Waals surface area contributed by atoms with Gasteiger partial charge in [-0.3, -0.25) is 9.48 Å². The Morgan fingerprint density at radius 2 is 2.11 bits per heavy atom. The number of aromatic hydroxyl groups is 1. The van der Waals surface area contributed by atoms with E-state index < -0.39 is 0 Å². The van der Waals surface area contributed by atoms with Gasteiger partial charge in [0.1, 0.15) is 17.1 Å². The molecule has 0 aliphatic heterocycles. The number of aromatic amines is 1. The Morgan fingerprint density at radius 3 is 2.82 bits per heavy atom. The van der Waals surface area contributed by atoms with Crippen LogP contribution in [0, 0.1) is 18.3 Å². The molecule has 0 amide bonds. The first-order valence-corrected chi connectivity index (χ1v) is 9.47. The Hall–Kier alpha value is -3.40. The van der Waals surface area contributed by atoms with E-state index in [1.807, 2.05) is 17.7 Å². The number of benzene rings is 1. The zero-order valence-electron chi connectivity index (χ0n) is 15.6. The number of phenolic OH excluding ortho intramolecular Hbond substituents is 1. The molecule has 1 aromatic carbocycles. The van der Waals surface area contributed by atoms with Gasteiger partial charge in [0.15, 0.2) is 5.52 Å². The van der Waals surface area contributed by atoms with Gasteiger partial charge in [-0.1, -0.05) is 25.3 Å². The molecule has 142 valence electrons. The molecule has 1 aliphatic carbocycles. The SMILES string of the molecule is Cc1nn(C2CCCCC2)c2c(=O)[nH]c(-c3ccc(/C=C/C#N)cc3O)nc12. The molecule has 2 heterocycles. The quantitative estimate of drug-likeness (QED) is 0.676. The molecular weight excluding hydrogens is 354 g/mol. The molecule has 4 rings (SSSR count). The molecule has 0 unspecified atom stereocenters. The monoisotopic (exact) mass is 375 g/mol. The number of nitrogens with one attached hydrogen (secondary N) is 1. The number of aromatic nitrogens is 4. The summed E-state index contributed by atoms with van der Waals surface area (Å²) in [6, 6.07) is 7.11. The molecule has 2 N–H and O–H groups in total. The third-order valence-corrected chi connectivity index (χ3v) is 5.27. The lowest BCUT2D eigenvalue weighted by Gasteiger charge is -2.22. The number of allylic oxidation sites excluding steroid dienone is 1. The fraction of sp³-hybridized carbons (Fsp3) is 0.333. The summed E-state index contributed by atoms with van der Waals surface area (Å²) >= 11 is 0. The molecule has 3 aromatic rings. The second-order valence-corrected chi connectivity index (χ2v) is 7.17. The van der Waals surface area contributed by atoms with Gasteiger partial charge in [0.05, 0.1) is 23.4 Å². The predicted molar refractivity (Wildman–Crippen MR) is 107 cm³/mol. The van der Waals surface area contributed by atoms with Crippen LogP contribution >= 0.6 is 0 Å². The normalized spacial score (nSPS) is 15.3. The van der Waals surface area contributed by atoms with Crippen molar-refractivity contribution in [2.45, 2.75) is 45.1 Å². The second kappa shape index (κ2) is 7.31. The van der Waals surface area contributed by atoms with E-state index in [2.05, 4.69) is 15.1 Å². The van der Waals surface area contributed by atoms with Crippen molar-refractivity contribution in [2.24, 2.45) is 0 Å². The van der Waals surface area contributed by atoms with E-state index in [9.17, 15) is 9.90 Å². The van der Waals surface area contributed by atoms with E-state index >= 15 is 0 Å². The third-order valence-electron chi connectivity index (χ3n) is 5.27. The number of nitrogens with zero attached hydrogens (tertiary/aromatic N) is 4. The van der Waals surface area contributed by atoms with E-state index in [1.54, 1.807) is 18.2 Å². The van der Waals surface area contributed by atoms with Gasteiger partial charge in [0.2, 0.25) is 0 Å². The Kier molecular flexibility index (Phi) is 4.70. The zero-order chi connectivity index (χ0) is 19.7. The molecule has 1 fully saturated rings. The van der Waals surface area contributed by atoms with Gasteiger partial charge >= 0.3 is 0 Å². The lowest BCUT2D eigenvalue weighted by atomic mass is 9.95. The summed E-state index contributed by atoms with van der Waals surface area (Å²) < 4.78 is 1.84. The molecule has 0 radical (unpaired) electrons. The summed E-state index contributed by atoms with van der Waals surface area (Å²) in [7, 11) is 0. The van der Waals surface area contributed by atoms with Crippen LogP contribution in [-0.2, 0) is 0 Å². The maximum atomic E-state index is 12.9. The number of rotatable bonds is 3. The largest absolute Gasteiger partial charge is 0.507 e. The van der Waals surface area contributed by atoms with E-state index in [0.29, 0.717) is 33.7 Å². The second-order valence-electron chi connectivity index (χ2n) is 7.17. The number of aryl methyl sites for hydroxylation is 1. The minimum atomic E-state index is -0.251. The molecule has 0 saturated heterocycles. The summed E-state index contributed by atoms with van der Waals surface area (Å²) in [4.78, 5) is 20.3. The van der Waals surface area contributed by atoms with Crippen LogP contribution in [0.15, 0.2) is 29.1 Å². The number of fused-ring (bicyclic) bond motifs is 1. The number of hydrogen-bond donors (Lipinski definition) is 2. The van der Waals surface area contributed by atoms with Crippen molar-refractivity contribution in [3.8, 4) is 23.2 Å². The topological polar surface area (TPSA) is 108 Å². The Bertz CT molecular complexity index is 1160. The minimum absolute atomic E-state index is 0.0140. The van der Waals surface area contributed by atoms with Crippen LogP contribution in [0.5, 0.6) is 5.75 Å². The summed E-state index contributed by atoms with van der Waals surface area (Å²) in [5.74, 6) is 0.289. The van der Waals surface area contributed by atoms with Crippen molar-refractivity contribution in [2.75, 3.05) is 0 Å². The van der Waals surface area contributed by atoms with E-state index in [4.69, 9.17) is 5.26 Å². The van der Waals surface area contributed by atoms with Crippen molar-refractivity contribution in [1.82, 2.24) is 19.7 Å². The van der Waals surface area contributed by atoms with Gasteiger partial charge in [-0.2, -0.15) is 10.4 Å². The van der Waals surface area contributed by atoms with Gasteiger partial charge in [0.25, 0.3) is 5.56 Å². The highest BCUT2D eigenvalue weighted by Gasteiger charge is 2.23. The molecule has 0 atom stereocenters. The van der Waals surface area contributed by atoms with Gasteiger partial charge in [-0.25, -0.2) is 4.98 Å². The Labute approximate surface area is 162 Å². The maximum Gasteiger partial charge on any atom is 0.277 e. The maximum absolute atomic E-state index is 12.9. The van der Waals surface area contributed by atoms with Crippen molar-refractivity contribution >= 4 is 17.1 Å². The summed E-state index contributed by atoms with van der Waals surface area (Å²) in [5.41, 5.74) is 2.64. The lowest BCUT2D eigenvalue weighted by Crippen LogP contribution is -2.19. The standard InChI is InChI=1S/C21H21N5O2/c1-13-18-19(26(25-13)15-7-3-2-4-8-15)21(28)24-20(23-18)16-10-9-14(6-5-11-22)12-17(16)27/h5-6,9-10,12,15,27H,2-4,7-8H2,1H3,(H,23,24,28)/b6-5+. The Balaban J connectivity index is 1.80.